The Morgan fingerprint density at radius 1 is 1.45 bits per heavy atom. The molecule has 1 amide bonds. The van der Waals surface area contributed by atoms with Crippen LogP contribution >= 0.6 is 11.3 Å². The number of H-pyrrole nitrogens is 1. The summed E-state index contributed by atoms with van der Waals surface area (Å²) in [6, 6.07) is 1.78. The molecule has 106 valence electrons. The van der Waals surface area contributed by atoms with Gasteiger partial charge >= 0.3 is 0 Å². The number of carbonyl (C=O) groups is 1. The lowest BCUT2D eigenvalue weighted by Crippen LogP contribution is -2.34. The SMILES string of the molecule is CC1CNC(=O)c2c(S(C)(=O)=O)sc(-c3cc[nH]n3)c21. The Morgan fingerprint density at radius 3 is 2.80 bits per heavy atom. The van der Waals surface area contributed by atoms with Gasteiger partial charge in [-0.25, -0.2) is 8.42 Å². The number of aromatic nitrogens is 2. The van der Waals surface area contributed by atoms with E-state index in [1.165, 1.54) is 0 Å². The van der Waals surface area contributed by atoms with Crippen LogP contribution < -0.4 is 5.32 Å². The van der Waals surface area contributed by atoms with Crippen LogP contribution in [0.5, 0.6) is 0 Å². The molecule has 0 saturated carbocycles. The minimum Gasteiger partial charge on any atom is -0.351 e. The van der Waals surface area contributed by atoms with E-state index in [1.807, 2.05) is 6.92 Å². The molecule has 1 aliphatic heterocycles. The number of amides is 1. The van der Waals surface area contributed by atoms with Gasteiger partial charge in [0.15, 0.2) is 9.84 Å². The van der Waals surface area contributed by atoms with Crippen LogP contribution in [0.3, 0.4) is 0 Å². The standard InChI is InChI=1S/C12H13N3O3S2/c1-6-5-13-11(16)9-8(6)10(7-3-4-14-15-7)19-12(9)20(2,17)18/h3-4,6H,5H2,1-2H3,(H,13,16)(H,14,15). The highest BCUT2D eigenvalue weighted by molar-refractivity contribution is 7.93. The summed E-state index contributed by atoms with van der Waals surface area (Å²) in [5.74, 6) is -0.266. The lowest BCUT2D eigenvalue weighted by Gasteiger charge is -2.21. The van der Waals surface area contributed by atoms with Crippen molar-refractivity contribution in [2.45, 2.75) is 17.1 Å². The third kappa shape index (κ3) is 1.95. The molecule has 2 aromatic heterocycles. The van der Waals surface area contributed by atoms with Crippen LogP contribution in [0.25, 0.3) is 10.6 Å². The fraction of sp³-hybridized carbons (Fsp3) is 0.333. The number of hydrogen-bond donors (Lipinski definition) is 2. The maximum atomic E-state index is 12.1. The predicted molar refractivity (Wildman–Crippen MR) is 75.8 cm³/mol. The number of nitrogens with zero attached hydrogens (tertiary/aromatic N) is 1. The first-order chi connectivity index (χ1) is 9.39. The fourth-order valence-electron chi connectivity index (χ4n) is 2.38. The monoisotopic (exact) mass is 311 g/mol. The molecule has 1 aliphatic rings. The van der Waals surface area contributed by atoms with Crippen LogP contribution in [0.4, 0.5) is 0 Å². The number of fused-ring (bicyclic) bond motifs is 1. The average molecular weight is 311 g/mol. The van der Waals surface area contributed by atoms with E-state index in [9.17, 15) is 13.2 Å². The van der Waals surface area contributed by atoms with Crippen molar-refractivity contribution in [3.8, 4) is 10.6 Å². The van der Waals surface area contributed by atoms with Gasteiger partial charge < -0.3 is 5.32 Å². The van der Waals surface area contributed by atoms with Gasteiger partial charge in [-0.2, -0.15) is 5.10 Å². The van der Waals surface area contributed by atoms with Gasteiger partial charge in [-0.05, 0) is 11.6 Å². The average Bonchev–Trinajstić information content (AvgIpc) is 2.98. The van der Waals surface area contributed by atoms with Crippen LogP contribution in [0.15, 0.2) is 16.5 Å². The Balaban J connectivity index is 2.36. The number of sulfone groups is 1. The Morgan fingerprint density at radius 2 is 2.20 bits per heavy atom. The zero-order chi connectivity index (χ0) is 14.5. The maximum Gasteiger partial charge on any atom is 0.253 e. The normalized spacial score (nSPS) is 18.7. The van der Waals surface area contributed by atoms with E-state index < -0.39 is 9.84 Å². The van der Waals surface area contributed by atoms with Crippen molar-refractivity contribution in [2.24, 2.45) is 0 Å². The van der Waals surface area contributed by atoms with E-state index in [0.717, 1.165) is 28.0 Å². The first-order valence-electron chi connectivity index (χ1n) is 6.04. The van der Waals surface area contributed by atoms with Gasteiger partial charge in [0.2, 0.25) is 0 Å². The lowest BCUT2D eigenvalue weighted by molar-refractivity contribution is 0.0939. The zero-order valence-electron chi connectivity index (χ0n) is 10.9. The second-order valence-corrected chi connectivity index (χ2v) is 8.08. The summed E-state index contributed by atoms with van der Waals surface area (Å²) in [4.78, 5) is 12.8. The molecule has 3 heterocycles. The first kappa shape index (κ1) is 13.3. The summed E-state index contributed by atoms with van der Waals surface area (Å²) in [5, 5.41) is 9.56. The number of rotatable bonds is 2. The molecular formula is C12H13N3O3S2. The largest absolute Gasteiger partial charge is 0.351 e. The molecule has 0 aromatic carbocycles. The zero-order valence-corrected chi connectivity index (χ0v) is 12.6. The van der Waals surface area contributed by atoms with Crippen molar-refractivity contribution in [1.82, 2.24) is 15.5 Å². The van der Waals surface area contributed by atoms with Gasteiger partial charge in [-0.3, -0.25) is 9.89 Å². The van der Waals surface area contributed by atoms with Crippen molar-refractivity contribution in [2.75, 3.05) is 12.8 Å². The molecule has 0 aliphatic carbocycles. The number of aromatic amines is 1. The molecule has 20 heavy (non-hydrogen) atoms. The van der Waals surface area contributed by atoms with Crippen molar-refractivity contribution in [3.63, 3.8) is 0 Å². The summed E-state index contributed by atoms with van der Waals surface area (Å²) in [5.41, 5.74) is 1.74. The topological polar surface area (TPSA) is 91.9 Å². The van der Waals surface area contributed by atoms with Gasteiger partial charge in [0.05, 0.1) is 10.4 Å². The van der Waals surface area contributed by atoms with E-state index in [2.05, 4.69) is 15.5 Å². The lowest BCUT2D eigenvalue weighted by atomic mass is 9.93. The van der Waals surface area contributed by atoms with Crippen LogP contribution in [0.1, 0.15) is 28.8 Å². The van der Waals surface area contributed by atoms with E-state index in [-0.39, 0.29) is 21.6 Å². The predicted octanol–water partition coefficient (Wildman–Crippen LogP) is 1.39. The molecule has 0 spiro atoms. The Bertz CT molecular complexity index is 775. The maximum absolute atomic E-state index is 12.1. The summed E-state index contributed by atoms with van der Waals surface area (Å²) < 4.78 is 24.0. The molecule has 0 radical (unpaired) electrons. The number of carbonyl (C=O) groups excluding carboxylic acids is 1. The van der Waals surface area contributed by atoms with E-state index in [1.54, 1.807) is 12.3 Å². The van der Waals surface area contributed by atoms with Crippen molar-refractivity contribution < 1.29 is 13.2 Å². The third-order valence-corrected chi connectivity index (χ3v) is 6.33. The Labute approximate surface area is 120 Å². The molecule has 1 atom stereocenters. The minimum absolute atomic E-state index is 0.0566. The summed E-state index contributed by atoms with van der Waals surface area (Å²) in [7, 11) is -3.45. The van der Waals surface area contributed by atoms with E-state index in [4.69, 9.17) is 0 Å². The second kappa shape index (κ2) is 4.42. The van der Waals surface area contributed by atoms with Crippen LogP contribution in [-0.4, -0.2) is 37.3 Å². The number of hydrogen-bond acceptors (Lipinski definition) is 5. The highest BCUT2D eigenvalue weighted by Crippen LogP contribution is 2.43. The summed E-state index contributed by atoms with van der Waals surface area (Å²) in [6.07, 6.45) is 2.80. The van der Waals surface area contributed by atoms with Crippen LogP contribution in [-0.2, 0) is 9.84 Å². The van der Waals surface area contributed by atoms with Crippen LogP contribution in [0.2, 0.25) is 0 Å². The minimum atomic E-state index is -3.45. The van der Waals surface area contributed by atoms with Gasteiger partial charge in [0.1, 0.15) is 9.90 Å². The van der Waals surface area contributed by atoms with Gasteiger partial charge in [0, 0.05) is 24.9 Å². The van der Waals surface area contributed by atoms with Crippen molar-refractivity contribution >= 4 is 27.1 Å². The number of thiophene rings is 1. The smallest absolute Gasteiger partial charge is 0.253 e. The molecule has 6 nitrogen and oxygen atoms in total. The van der Waals surface area contributed by atoms with Gasteiger partial charge in [0.25, 0.3) is 5.91 Å². The molecule has 3 rings (SSSR count). The van der Waals surface area contributed by atoms with Gasteiger partial charge in [-0.1, -0.05) is 6.92 Å². The van der Waals surface area contributed by atoms with Crippen LogP contribution in [0, 0.1) is 0 Å². The van der Waals surface area contributed by atoms with Crippen molar-refractivity contribution in [1.29, 1.82) is 0 Å². The Hall–Kier alpha value is -1.67. The molecule has 0 bridgehead atoms. The Kier molecular flexibility index (Phi) is 2.94. The summed E-state index contributed by atoms with van der Waals surface area (Å²) in [6.45, 7) is 2.47. The molecular weight excluding hydrogens is 298 g/mol. The van der Waals surface area contributed by atoms with E-state index in [0.29, 0.717) is 12.2 Å². The highest BCUT2D eigenvalue weighted by Gasteiger charge is 2.35. The van der Waals surface area contributed by atoms with E-state index >= 15 is 0 Å². The molecule has 8 heteroatoms. The van der Waals surface area contributed by atoms with Crippen molar-refractivity contribution in [3.05, 3.63) is 23.4 Å². The number of nitrogens with one attached hydrogen (secondary N) is 2. The first-order valence-corrected chi connectivity index (χ1v) is 8.75. The molecule has 2 N–H and O–H groups in total. The quantitative estimate of drug-likeness (QED) is 0.876. The van der Waals surface area contributed by atoms with Gasteiger partial charge in [-0.15, -0.1) is 11.3 Å². The third-order valence-electron chi connectivity index (χ3n) is 3.27. The fourth-order valence-corrected chi connectivity index (χ4v) is 4.93. The molecule has 0 saturated heterocycles. The molecule has 0 fully saturated rings. The second-order valence-electron chi connectivity index (χ2n) is 4.85. The molecule has 2 aromatic rings. The summed E-state index contributed by atoms with van der Waals surface area (Å²) >= 11 is 1.12. The molecule has 1 unspecified atom stereocenters. The highest BCUT2D eigenvalue weighted by atomic mass is 32.2.